The van der Waals surface area contributed by atoms with Crippen molar-refractivity contribution in [2.24, 2.45) is 17.8 Å². The van der Waals surface area contributed by atoms with E-state index in [-0.39, 0.29) is 12.1 Å². The highest BCUT2D eigenvalue weighted by Gasteiger charge is 2.37. The van der Waals surface area contributed by atoms with Crippen LogP contribution >= 0.6 is 0 Å². The molecule has 0 amide bonds. The number of hydrogen-bond acceptors (Lipinski definition) is 3. The van der Waals surface area contributed by atoms with Crippen LogP contribution in [-0.2, 0) is 14.3 Å². The standard InChI is InChI=1S/C30H56O4/c1-4-5-6-7-8-9-13-16-21-26(22-17-14-11-10-12-15-20-25(2)3)34-30(33)28-24-19-18-23-27(28)29(31)32/h25-28H,4-24H2,1-3H3,(H,31,32). The van der Waals surface area contributed by atoms with Gasteiger partial charge in [0.15, 0.2) is 0 Å². The Bertz CT molecular complexity index is 516. The van der Waals surface area contributed by atoms with Crippen molar-refractivity contribution in [3.63, 3.8) is 0 Å². The van der Waals surface area contributed by atoms with Gasteiger partial charge in [-0.3, -0.25) is 9.59 Å². The Kier molecular flexibility index (Phi) is 18.4. The van der Waals surface area contributed by atoms with Crippen molar-refractivity contribution in [2.45, 2.75) is 162 Å². The van der Waals surface area contributed by atoms with Gasteiger partial charge in [-0.1, -0.05) is 117 Å². The van der Waals surface area contributed by atoms with Gasteiger partial charge in [0.25, 0.3) is 0 Å². The zero-order chi connectivity index (χ0) is 25.0. The number of esters is 1. The third-order valence-electron chi connectivity index (χ3n) is 7.61. The molecule has 0 bridgehead atoms. The van der Waals surface area contributed by atoms with E-state index in [1.807, 2.05) is 0 Å². The Balaban J connectivity index is 2.40. The Morgan fingerprint density at radius 3 is 1.62 bits per heavy atom. The highest BCUT2D eigenvalue weighted by molar-refractivity contribution is 5.81. The first-order valence-corrected chi connectivity index (χ1v) is 14.9. The van der Waals surface area contributed by atoms with Gasteiger partial charge >= 0.3 is 11.9 Å². The molecule has 1 aliphatic carbocycles. The van der Waals surface area contributed by atoms with Gasteiger partial charge in [-0.25, -0.2) is 0 Å². The van der Waals surface area contributed by atoms with Crippen molar-refractivity contribution in [2.75, 3.05) is 0 Å². The fraction of sp³-hybridized carbons (Fsp3) is 0.933. The lowest BCUT2D eigenvalue weighted by atomic mass is 9.79. The number of unbranched alkanes of at least 4 members (excludes halogenated alkanes) is 12. The predicted molar refractivity (Wildman–Crippen MR) is 142 cm³/mol. The summed E-state index contributed by atoms with van der Waals surface area (Å²) in [7, 11) is 0. The van der Waals surface area contributed by atoms with Crippen LogP contribution in [0.4, 0.5) is 0 Å². The molecule has 1 rings (SSSR count). The summed E-state index contributed by atoms with van der Waals surface area (Å²) in [6.07, 6.45) is 24.0. The largest absolute Gasteiger partial charge is 0.481 e. The molecule has 34 heavy (non-hydrogen) atoms. The number of carboxylic acids is 1. The molecule has 0 heterocycles. The highest BCUT2D eigenvalue weighted by atomic mass is 16.5. The van der Waals surface area contributed by atoms with Crippen LogP contribution in [0.1, 0.15) is 156 Å². The van der Waals surface area contributed by atoms with Crippen molar-refractivity contribution in [3.8, 4) is 0 Å². The zero-order valence-electron chi connectivity index (χ0n) is 22.8. The molecule has 200 valence electrons. The van der Waals surface area contributed by atoms with Gasteiger partial charge in [-0.15, -0.1) is 0 Å². The summed E-state index contributed by atoms with van der Waals surface area (Å²) >= 11 is 0. The lowest BCUT2D eigenvalue weighted by Crippen LogP contribution is -2.35. The third-order valence-corrected chi connectivity index (χ3v) is 7.61. The molecule has 3 unspecified atom stereocenters. The number of ether oxygens (including phenoxy) is 1. The van der Waals surface area contributed by atoms with Gasteiger partial charge in [0.2, 0.25) is 0 Å². The number of rotatable bonds is 21. The van der Waals surface area contributed by atoms with Crippen LogP contribution in [0, 0.1) is 17.8 Å². The molecule has 0 aromatic carbocycles. The van der Waals surface area contributed by atoms with Gasteiger partial charge in [0.05, 0.1) is 11.8 Å². The van der Waals surface area contributed by atoms with Crippen molar-refractivity contribution < 1.29 is 19.4 Å². The summed E-state index contributed by atoms with van der Waals surface area (Å²) in [6.45, 7) is 6.83. The van der Waals surface area contributed by atoms with Crippen molar-refractivity contribution in [1.29, 1.82) is 0 Å². The molecule has 1 aliphatic rings. The number of carbonyl (C=O) groups excluding carboxylic acids is 1. The Hall–Kier alpha value is -1.06. The first-order chi connectivity index (χ1) is 16.5. The molecule has 1 fully saturated rings. The molecule has 4 heteroatoms. The minimum atomic E-state index is -0.835. The average Bonchev–Trinajstić information content (AvgIpc) is 2.81. The molecule has 1 saturated carbocycles. The first kappa shape index (κ1) is 31.0. The monoisotopic (exact) mass is 480 g/mol. The van der Waals surface area contributed by atoms with Gasteiger partial charge in [0.1, 0.15) is 6.10 Å². The SMILES string of the molecule is CCCCCCCCCCC(CCCCCCCCC(C)C)OC(=O)C1CCCCC1C(=O)O. The lowest BCUT2D eigenvalue weighted by molar-refractivity contribution is -0.164. The summed E-state index contributed by atoms with van der Waals surface area (Å²) in [5.74, 6) is -1.29. The smallest absolute Gasteiger partial charge is 0.310 e. The molecule has 0 radical (unpaired) electrons. The van der Waals surface area contributed by atoms with Gasteiger partial charge in [0, 0.05) is 0 Å². The van der Waals surface area contributed by atoms with E-state index in [2.05, 4.69) is 20.8 Å². The van der Waals surface area contributed by atoms with E-state index in [4.69, 9.17) is 4.74 Å². The summed E-state index contributed by atoms with van der Waals surface area (Å²) in [4.78, 5) is 24.6. The van der Waals surface area contributed by atoms with E-state index >= 15 is 0 Å². The van der Waals surface area contributed by atoms with Crippen LogP contribution in [0.15, 0.2) is 0 Å². The van der Waals surface area contributed by atoms with E-state index < -0.39 is 17.8 Å². The molecule has 0 saturated heterocycles. The first-order valence-electron chi connectivity index (χ1n) is 14.9. The number of hydrogen-bond donors (Lipinski definition) is 1. The summed E-state index contributed by atoms with van der Waals surface area (Å²) in [5, 5.41) is 9.55. The quantitative estimate of drug-likeness (QED) is 0.131. The fourth-order valence-electron chi connectivity index (χ4n) is 5.36. The lowest BCUT2D eigenvalue weighted by Gasteiger charge is -2.29. The predicted octanol–water partition coefficient (Wildman–Crippen LogP) is 9.10. The van der Waals surface area contributed by atoms with E-state index in [9.17, 15) is 14.7 Å². The van der Waals surface area contributed by atoms with Gasteiger partial charge in [-0.2, -0.15) is 0 Å². The Labute approximate surface area is 211 Å². The molecule has 0 aliphatic heterocycles. The third kappa shape index (κ3) is 15.0. The zero-order valence-corrected chi connectivity index (χ0v) is 22.8. The van der Waals surface area contributed by atoms with E-state index in [1.165, 1.54) is 83.5 Å². The second kappa shape index (κ2) is 20.2. The molecular formula is C30H56O4. The summed E-state index contributed by atoms with van der Waals surface area (Å²) < 4.78 is 6.00. The Morgan fingerprint density at radius 1 is 0.706 bits per heavy atom. The maximum absolute atomic E-state index is 12.9. The topological polar surface area (TPSA) is 63.6 Å². The molecule has 0 spiro atoms. The van der Waals surface area contributed by atoms with E-state index in [0.29, 0.717) is 12.8 Å². The summed E-state index contributed by atoms with van der Waals surface area (Å²) in [5.41, 5.74) is 0. The molecule has 3 atom stereocenters. The normalized spacial score (nSPS) is 19.3. The minimum absolute atomic E-state index is 0.0371. The van der Waals surface area contributed by atoms with Crippen molar-refractivity contribution >= 4 is 11.9 Å². The van der Waals surface area contributed by atoms with Crippen LogP contribution in [0.25, 0.3) is 0 Å². The molecule has 1 N–H and O–H groups in total. The van der Waals surface area contributed by atoms with E-state index in [1.54, 1.807) is 0 Å². The van der Waals surface area contributed by atoms with Crippen LogP contribution in [-0.4, -0.2) is 23.1 Å². The minimum Gasteiger partial charge on any atom is -0.481 e. The van der Waals surface area contributed by atoms with Crippen LogP contribution in [0.3, 0.4) is 0 Å². The van der Waals surface area contributed by atoms with Crippen LogP contribution in [0.5, 0.6) is 0 Å². The summed E-state index contributed by atoms with van der Waals surface area (Å²) in [6, 6.07) is 0. The molecule has 0 aromatic heterocycles. The van der Waals surface area contributed by atoms with Crippen LogP contribution in [0.2, 0.25) is 0 Å². The van der Waals surface area contributed by atoms with Crippen molar-refractivity contribution in [3.05, 3.63) is 0 Å². The fourth-order valence-corrected chi connectivity index (χ4v) is 5.36. The maximum Gasteiger partial charge on any atom is 0.310 e. The molecular weight excluding hydrogens is 424 g/mol. The van der Waals surface area contributed by atoms with Crippen LogP contribution < -0.4 is 0 Å². The average molecular weight is 481 g/mol. The molecule has 4 nitrogen and oxygen atoms in total. The van der Waals surface area contributed by atoms with Crippen molar-refractivity contribution in [1.82, 2.24) is 0 Å². The van der Waals surface area contributed by atoms with Gasteiger partial charge in [-0.05, 0) is 44.4 Å². The molecule has 0 aromatic rings. The Morgan fingerprint density at radius 2 is 1.15 bits per heavy atom. The number of aliphatic carboxylic acids is 1. The van der Waals surface area contributed by atoms with E-state index in [0.717, 1.165) is 44.4 Å². The van der Waals surface area contributed by atoms with Gasteiger partial charge < -0.3 is 9.84 Å². The number of carbonyl (C=O) groups is 2. The highest BCUT2D eigenvalue weighted by Crippen LogP contribution is 2.32. The number of carboxylic acid groups (broad SMARTS) is 1. The second-order valence-electron chi connectivity index (χ2n) is 11.3. The second-order valence-corrected chi connectivity index (χ2v) is 11.3. The maximum atomic E-state index is 12.9.